The van der Waals surface area contributed by atoms with Crippen LogP contribution in [0.15, 0.2) is 54.6 Å². The Morgan fingerprint density at radius 3 is 2.26 bits per heavy atom. The summed E-state index contributed by atoms with van der Waals surface area (Å²) >= 11 is 5.80. The molecular weight excluding hydrogens is 312 g/mol. The van der Waals surface area contributed by atoms with Crippen molar-refractivity contribution in [3.63, 3.8) is 0 Å². The van der Waals surface area contributed by atoms with Crippen molar-refractivity contribution in [3.05, 3.63) is 71.3 Å². The third-order valence-corrected chi connectivity index (χ3v) is 3.90. The normalized spacial score (nSPS) is 11.7. The van der Waals surface area contributed by atoms with Crippen LogP contribution in [-0.2, 0) is 15.4 Å². The van der Waals surface area contributed by atoms with E-state index in [0.717, 1.165) is 11.1 Å². The van der Waals surface area contributed by atoms with E-state index in [1.54, 1.807) is 19.1 Å². The molecule has 2 rings (SSSR count). The molecule has 23 heavy (non-hydrogen) atoms. The number of hydrogen-bond donors (Lipinski definition) is 0. The highest BCUT2D eigenvalue weighted by atomic mass is 35.5. The van der Waals surface area contributed by atoms with Crippen molar-refractivity contribution in [3.8, 4) is 0 Å². The highest BCUT2D eigenvalue weighted by Gasteiger charge is 2.25. The van der Waals surface area contributed by atoms with Gasteiger partial charge in [0.15, 0.2) is 5.78 Å². The van der Waals surface area contributed by atoms with Gasteiger partial charge in [0.2, 0.25) is 0 Å². The summed E-state index contributed by atoms with van der Waals surface area (Å²) in [6.07, 6.45) is 0.0296. The molecular formula is C19H19ClO3. The molecule has 0 saturated heterocycles. The summed E-state index contributed by atoms with van der Waals surface area (Å²) in [4.78, 5) is 24.7. The molecule has 0 heterocycles. The third-order valence-electron chi connectivity index (χ3n) is 3.59. The highest BCUT2D eigenvalue weighted by molar-refractivity contribution is 6.17. The minimum Gasteiger partial charge on any atom is -0.466 e. The predicted octanol–water partition coefficient (Wildman–Crippen LogP) is 4.35. The van der Waals surface area contributed by atoms with Gasteiger partial charge >= 0.3 is 5.97 Å². The molecule has 0 radical (unpaired) electrons. The quantitative estimate of drug-likeness (QED) is 0.431. The molecule has 4 heteroatoms. The second-order valence-electron chi connectivity index (χ2n) is 5.17. The molecule has 1 atom stereocenters. The Morgan fingerprint density at radius 1 is 1.04 bits per heavy atom. The zero-order valence-electron chi connectivity index (χ0n) is 13.0. The van der Waals surface area contributed by atoms with Crippen LogP contribution in [0.3, 0.4) is 0 Å². The number of ether oxygens (including phenoxy) is 1. The Bertz CT molecular complexity index is 650. The van der Waals surface area contributed by atoms with Crippen molar-refractivity contribution in [2.75, 3.05) is 6.61 Å². The number of hydrogen-bond acceptors (Lipinski definition) is 3. The van der Waals surface area contributed by atoms with Gasteiger partial charge in [-0.1, -0.05) is 54.6 Å². The number of rotatable bonds is 7. The number of carbonyl (C=O) groups is 2. The fraction of sp³-hybridized carbons (Fsp3) is 0.263. The molecule has 0 amide bonds. The Morgan fingerprint density at radius 2 is 1.70 bits per heavy atom. The molecule has 0 spiro atoms. The zero-order valence-corrected chi connectivity index (χ0v) is 13.8. The van der Waals surface area contributed by atoms with Gasteiger partial charge in [0.1, 0.15) is 0 Å². The number of benzene rings is 2. The van der Waals surface area contributed by atoms with Crippen molar-refractivity contribution in [2.45, 2.75) is 25.1 Å². The number of esters is 1. The fourth-order valence-corrected chi connectivity index (χ4v) is 2.57. The molecule has 0 aliphatic heterocycles. The fourth-order valence-electron chi connectivity index (χ4n) is 2.39. The topological polar surface area (TPSA) is 43.4 Å². The van der Waals surface area contributed by atoms with Gasteiger partial charge in [0.05, 0.1) is 18.9 Å². The molecule has 0 aromatic heterocycles. The zero-order chi connectivity index (χ0) is 16.7. The Labute approximate surface area is 141 Å². The van der Waals surface area contributed by atoms with E-state index in [0.29, 0.717) is 18.1 Å². The molecule has 0 aliphatic rings. The van der Waals surface area contributed by atoms with E-state index in [-0.39, 0.29) is 18.2 Å². The second kappa shape index (κ2) is 8.49. The van der Waals surface area contributed by atoms with Crippen LogP contribution < -0.4 is 0 Å². The second-order valence-corrected chi connectivity index (χ2v) is 5.43. The Hall–Kier alpha value is -2.13. The maximum Gasteiger partial charge on any atom is 0.306 e. The molecule has 0 aliphatic carbocycles. The van der Waals surface area contributed by atoms with E-state index in [1.807, 2.05) is 42.5 Å². The molecule has 2 aromatic carbocycles. The van der Waals surface area contributed by atoms with Crippen molar-refractivity contribution in [1.29, 1.82) is 0 Å². The predicted molar refractivity (Wildman–Crippen MR) is 90.8 cm³/mol. The Balaban J connectivity index is 2.30. The first kappa shape index (κ1) is 17.2. The van der Waals surface area contributed by atoms with Crippen LogP contribution in [0.5, 0.6) is 0 Å². The van der Waals surface area contributed by atoms with Gasteiger partial charge in [0.25, 0.3) is 0 Å². The van der Waals surface area contributed by atoms with Gasteiger partial charge in [-0.05, 0) is 18.1 Å². The van der Waals surface area contributed by atoms with Crippen molar-refractivity contribution < 1.29 is 14.3 Å². The number of alkyl halides is 1. The van der Waals surface area contributed by atoms with E-state index >= 15 is 0 Å². The number of halogens is 1. The van der Waals surface area contributed by atoms with Gasteiger partial charge in [0, 0.05) is 11.4 Å². The van der Waals surface area contributed by atoms with E-state index in [4.69, 9.17) is 16.3 Å². The SMILES string of the molecule is CCOC(=O)CC(C(=O)c1ccccc1)c1ccc(CCl)cc1. The minimum absolute atomic E-state index is 0.0296. The van der Waals surface area contributed by atoms with Gasteiger partial charge in [-0.25, -0.2) is 0 Å². The summed E-state index contributed by atoms with van der Waals surface area (Å²) in [5.41, 5.74) is 2.35. The standard InChI is InChI=1S/C19H19ClO3/c1-2-23-18(21)12-17(15-10-8-14(13-20)9-11-15)19(22)16-6-4-3-5-7-16/h3-11,17H,2,12-13H2,1H3. The number of carbonyl (C=O) groups excluding carboxylic acids is 2. The van der Waals surface area contributed by atoms with E-state index in [1.165, 1.54) is 0 Å². The van der Waals surface area contributed by atoms with Gasteiger partial charge in [-0.15, -0.1) is 11.6 Å². The summed E-state index contributed by atoms with van der Waals surface area (Å²) in [5, 5.41) is 0. The van der Waals surface area contributed by atoms with Crippen molar-refractivity contribution in [1.82, 2.24) is 0 Å². The van der Waals surface area contributed by atoms with E-state index < -0.39 is 5.92 Å². The third kappa shape index (κ3) is 4.67. The molecule has 1 unspecified atom stereocenters. The lowest BCUT2D eigenvalue weighted by atomic mass is 9.87. The summed E-state index contributed by atoms with van der Waals surface area (Å²) in [6.45, 7) is 2.05. The van der Waals surface area contributed by atoms with Crippen LogP contribution >= 0.6 is 11.6 Å². The lowest BCUT2D eigenvalue weighted by Gasteiger charge is -2.16. The van der Waals surface area contributed by atoms with Gasteiger partial charge in [-0.3, -0.25) is 9.59 Å². The van der Waals surface area contributed by atoms with Crippen LogP contribution in [0.25, 0.3) is 0 Å². The molecule has 0 saturated carbocycles. The molecule has 0 bridgehead atoms. The van der Waals surface area contributed by atoms with E-state index in [9.17, 15) is 9.59 Å². The molecule has 120 valence electrons. The van der Waals surface area contributed by atoms with Crippen LogP contribution in [0.1, 0.15) is 40.7 Å². The molecule has 3 nitrogen and oxygen atoms in total. The van der Waals surface area contributed by atoms with Gasteiger partial charge in [-0.2, -0.15) is 0 Å². The average molecular weight is 331 g/mol. The summed E-state index contributed by atoms with van der Waals surface area (Å²) in [7, 11) is 0. The molecule has 0 fully saturated rings. The minimum atomic E-state index is -0.555. The summed E-state index contributed by atoms with van der Waals surface area (Å²) in [5.74, 6) is -0.601. The maximum absolute atomic E-state index is 12.8. The van der Waals surface area contributed by atoms with Crippen LogP contribution in [0.2, 0.25) is 0 Å². The number of ketones is 1. The highest BCUT2D eigenvalue weighted by Crippen LogP contribution is 2.26. The smallest absolute Gasteiger partial charge is 0.306 e. The van der Waals surface area contributed by atoms with Crippen LogP contribution in [0.4, 0.5) is 0 Å². The van der Waals surface area contributed by atoms with Crippen LogP contribution in [0, 0.1) is 0 Å². The first-order chi connectivity index (χ1) is 11.2. The molecule has 2 aromatic rings. The van der Waals surface area contributed by atoms with E-state index in [2.05, 4.69) is 0 Å². The van der Waals surface area contributed by atoms with Crippen molar-refractivity contribution in [2.24, 2.45) is 0 Å². The first-order valence-corrected chi connectivity index (χ1v) is 8.08. The average Bonchev–Trinajstić information content (AvgIpc) is 2.60. The van der Waals surface area contributed by atoms with Gasteiger partial charge < -0.3 is 4.74 Å². The monoisotopic (exact) mass is 330 g/mol. The summed E-state index contributed by atoms with van der Waals surface area (Å²) < 4.78 is 5.01. The lowest BCUT2D eigenvalue weighted by Crippen LogP contribution is -2.18. The van der Waals surface area contributed by atoms with Crippen LogP contribution in [-0.4, -0.2) is 18.4 Å². The Kier molecular flexibility index (Phi) is 6.36. The molecule has 0 N–H and O–H groups in total. The van der Waals surface area contributed by atoms with Crippen molar-refractivity contribution >= 4 is 23.4 Å². The number of Topliss-reactive ketones (excluding diaryl/α,β-unsaturated/α-hetero) is 1. The largest absolute Gasteiger partial charge is 0.466 e. The first-order valence-electron chi connectivity index (χ1n) is 7.55. The summed E-state index contributed by atoms with van der Waals surface area (Å²) in [6, 6.07) is 16.4. The maximum atomic E-state index is 12.8. The lowest BCUT2D eigenvalue weighted by molar-refractivity contribution is -0.143.